The molecule has 5 nitrogen and oxygen atoms in total. The predicted molar refractivity (Wildman–Crippen MR) is 74.3 cm³/mol. The summed E-state index contributed by atoms with van der Waals surface area (Å²) in [6.07, 6.45) is 7.44. The van der Waals surface area contributed by atoms with Crippen molar-refractivity contribution in [3.8, 4) is 0 Å². The molecule has 0 aliphatic heterocycles. The Hall–Kier alpha value is -1.52. The molecule has 1 unspecified atom stereocenters. The minimum absolute atomic E-state index is 0.0475. The molecule has 20 heavy (non-hydrogen) atoms. The van der Waals surface area contributed by atoms with E-state index in [-0.39, 0.29) is 12.5 Å². The van der Waals surface area contributed by atoms with E-state index in [1.807, 2.05) is 0 Å². The lowest BCUT2D eigenvalue weighted by Gasteiger charge is -2.45. The third-order valence-corrected chi connectivity index (χ3v) is 4.64. The van der Waals surface area contributed by atoms with Crippen molar-refractivity contribution < 1.29 is 19.4 Å². The number of ether oxygens (including phenoxy) is 1. The van der Waals surface area contributed by atoms with E-state index >= 15 is 0 Å². The van der Waals surface area contributed by atoms with Crippen LogP contribution in [0.4, 0.5) is 4.79 Å². The Balaban J connectivity index is 2.01. The van der Waals surface area contributed by atoms with E-state index in [1.54, 1.807) is 0 Å². The Kier molecular flexibility index (Phi) is 5.04. The third kappa shape index (κ3) is 3.32. The van der Waals surface area contributed by atoms with Gasteiger partial charge >= 0.3 is 12.1 Å². The van der Waals surface area contributed by atoms with Gasteiger partial charge < -0.3 is 15.2 Å². The number of hydrogen-bond donors (Lipinski definition) is 2. The van der Waals surface area contributed by atoms with Crippen molar-refractivity contribution in [2.24, 2.45) is 17.8 Å². The minimum atomic E-state index is -0.954. The molecule has 2 rings (SSSR count). The Bertz CT molecular complexity index is 360. The molecule has 0 spiro atoms. The van der Waals surface area contributed by atoms with Crippen molar-refractivity contribution in [1.82, 2.24) is 5.32 Å². The highest BCUT2D eigenvalue weighted by Crippen LogP contribution is 2.46. The lowest BCUT2D eigenvalue weighted by molar-refractivity contribution is -0.143. The van der Waals surface area contributed by atoms with Crippen LogP contribution >= 0.6 is 0 Å². The molecule has 0 aromatic heterocycles. The molecule has 2 saturated carbocycles. The first-order valence-electron chi connectivity index (χ1n) is 7.40. The zero-order valence-electron chi connectivity index (χ0n) is 11.7. The molecule has 2 N–H and O–H groups in total. The van der Waals surface area contributed by atoms with Gasteiger partial charge in [-0.3, -0.25) is 0 Å². The van der Waals surface area contributed by atoms with E-state index in [4.69, 9.17) is 4.74 Å². The van der Waals surface area contributed by atoms with Gasteiger partial charge in [0.1, 0.15) is 12.6 Å². The first-order chi connectivity index (χ1) is 9.63. The lowest BCUT2D eigenvalue weighted by Crippen LogP contribution is -2.53. The number of aliphatic carboxylic acids is 1. The molecule has 1 amide bonds. The Morgan fingerprint density at radius 1 is 1.25 bits per heavy atom. The smallest absolute Gasteiger partial charge is 0.408 e. The van der Waals surface area contributed by atoms with Gasteiger partial charge in [0.15, 0.2) is 0 Å². The number of carbonyl (C=O) groups excluding carboxylic acids is 1. The summed E-state index contributed by atoms with van der Waals surface area (Å²) in [6.45, 7) is 3.55. The first kappa shape index (κ1) is 14.9. The third-order valence-electron chi connectivity index (χ3n) is 4.64. The highest BCUT2D eigenvalue weighted by molar-refractivity contribution is 5.80. The van der Waals surface area contributed by atoms with Crippen LogP contribution in [0.15, 0.2) is 12.7 Å². The second-order valence-electron chi connectivity index (χ2n) is 5.81. The number of amides is 1. The largest absolute Gasteiger partial charge is 0.480 e. The normalized spacial score (nSPS) is 20.6. The molecule has 0 bridgehead atoms. The first-order valence-corrected chi connectivity index (χ1v) is 7.40. The predicted octanol–water partition coefficient (Wildman–Crippen LogP) is 2.57. The molecular formula is C15H23NO4. The number of alkyl carbamates (subject to hydrolysis) is 1. The average molecular weight is 281 g/mol. The number of nitrogens with one attached hydrogen (secondary N) is 1. The van der Waals surface area contributed by atoms with Gasteiger partial charge in [-0.2, -0.15) is 0 Å². The summed E-state index contributed by atoms with van der Waals surface area (Å²) in [5.74, 6) is -0.0437. The van der Waals surface area contributed by atoms with Gasteiger partial charge in [0.05, 0.1) is 0 Å². The second kappa shape index (κ2) is 6.77. The lowest BCUT2D eigenvalue weighted by atomic mass is 9.62. The molecule has 2 aliphatic rings. The van der Waals surface area contributed by atoms with Crippen LogP contribution in [0.3, 0.4) is 0 Å². The van der Waals surface area contributed by atoms with Crippen LogP contribution in [0.25, 0.3) is 0 Å². The van der Waals surface area contributed by atoms with Crippen LogP contribution in [0.2, 0.25) is 0 Å². The van der Waals surface area contributed by atoms with E-state index in [0.717, 1.165) is 25.7 Å². The zero-order valence-corrected chi connectivity index (χ0v) is 11.7. The SMILES string of the molecule is C=CCOC(=O)NC(C(=O)O)C(C1CCC1)C1CCC1. The molecule has 0 aromatic rings. The molecule has 5 heteroatoms. The summed E-state index contributed by atoms with van der Waals surface area (Å²) < 4.78 is 4.85. The topological polar surface area (TPSA) is 75.6 Å². The molecule has 2 aliphatic carbocycles. The summed E-state index contributed by atoms with van der Waals surface area (Å²) in [4.78, 5) is 23.2. The maximum Gasteiger partial charge on any atom is 0.408 e. The van der Waals surface area contributed by atoms with Gasteiger partial charge in [0.25, 0.3) is 0 Å². The Labute approximate surface area is 119 Å². The van der Waals surface area contributed by atoms with E-state index < -0.39 is 18.1 Å². The minimum Gasteiger partial charge on any atom is -0.480 e. The Morgan fingerprint density at radius 3 is 2.15 bits per heavy atom. The van der Waals surface area contributed by atoms with Crippen molar-refractivity contribution in [2.45, 2.75) is 44.6 Å². The fourth-order valence-corrected chi connectivity index (χ4v) is 3.20. The van der Waals surface area contributed by atoms with Crippen molar-refractivity contribution in [2.75, 3.05) is 6.61 Å². The van der Waals surface area contributed by atoms with Crippen molar-refractivity contribution >= 4 is 12.1 Å². The van der Waals surface area contributed by atoms with Gasteiger partial charge in [0.2, 0.25) is 0 Å². The number of carboxylic acids is 1. The fourth-order valence-electron chi connectivity index (χ4n) is 3.20. The van der Waals surface area contributed by atoms with E-state index in [0.29, 0.717) is 11.8 Å². The highest BCUT2D eigenvalue weighted by atomic mass is 16.5. The van der Waals surface area contributed by atoms with Crippen LogP contribution < -0.4 is 5.32 Å². The monoisotopic (exact) mass is 281 g/mol. The molecule has 2 fully saturated rings. The van der Waals surface area contributed by atoms with Gasteiger partial charge in [-0.1, -0.05) is 51.2 Å². The van der Waals surface area contributed by atoms with Crippen LogP contribution in [0.1, 0.15) is 38.5 Å². The summed E-state index contributed by atoms with van der Waals surface area (Å²) in [5.41, 5.74) is 0. The molecule has 0 heterocycles. The number of carboxylic acid groups (broad SMARTS) is 1. The second-order valence-corrected chi connectivity index (χ2v) is 5.81. The molecule has 0 aromatic carbocycles. The molecule has 0 saturated heterocycles. The highest BCUT2D eigenvalue weighted by Gasteiger charge is 2.44. The van der Waals surface area contributed by atoms with Crippen molar-refractivity contribution in [1.29, 1.82) is 0 Å². The summed E-state index contributed by atoms with van der Waals surface area (Å²) in [7, 11) is 0. The van der Waals surface area contributed by atoms with E-state index in [2.05, 4.69) is 11.9 Å². The van der Waals surface area contributed by atoms with Gasteiger partial charge in [0, 0.05) is 0 Å². The van der Waals surface area contributed by atoms with Crippen LogP contribution in [0, 0.1) is 17.8 Å². The maximum atomic E-state index is 11.6. The average Bonchev–Trinajstić information content (AvgIpc) is 2.27. The van der Waals surface area contributed by atoms with E-state index in [1.165, 1.54) is 18.9 Å². The van der Waals surface area contributed by atoms with Gasteiger partial charge in [-0.05, 0) is 17.8 Å². The molecule has 0 radical (unpaired) electrons. The standard InChI is InChI=1S/C15H23NO4/c1-2-9-20-15(19)16-13(14(17)18)12(10-5-3-6-10)11-7-4-8-11/h2,10-13H,1,3-9H2,(H,16,19)(H,17,18). The number of rotatable bonds is 7. The van der Waals surface area contributed by atoms with E-state index in [9.17, 15) is 14.7 Å². The molecular weight excluding hydrogens is 258 g/mol. The van der Waals surface area contributed by atoms with Crippen molar-refractivity contribution in [3.63, 3.8) is 0 Å². The van der Waals surface area contributed by atoms with Crippen LogP contribution in [-0.4, -0.2) is 29.8 Å². The summed E-state index contributed by atoms with van der Waals surface area (Å²) >= 11 is 0. The quantitative estimate of drug-likeness (QED) is 0.703. The fraction of sp³-hybridized carbons (Fsp3) is 0.733. The number of carbonyl (C=O) groups is 2. The molecule has 1 atom stereocenters. The Morgan fingerprint density at radius 2 is 1.80 bits per heavy atom. The van der Waals surface area contributed by atoms with Crippen LogP contribution in [0.5, 0.6) is 0 Å². The number of hydrogen-bond acceptors (Lipinski definition) is 3. The van der Waals surface area contributed by atoms with Crippen LogP contribution in [-0.2, 0) is 9.53 Å². The van der Waals surface area contributed by atoms with Gasteiger partial charge in [-0.15, -0.1) is 0 Å². The summed E-state index contributed by atoms with van der Waals surface area (Å²) in [6, 6.07) is -0.831. The van der Waals surface area contributed by atoms with Crippen molar-refractivity contribution in [3.05, 3.63) is 12.7 Å². The zero-order chi connectivity index (χ0) is 14.5. The maximum absolute atomic E-state index is 11.6. The molecule has 112 valence electrons. The summed E-state index contributed by atoms with van der Waals surface area (Å²) in [5, 5.41) is 12.0. The van der Waals surface area contributed by atoms with Gasteiger partial charge in [-0.25, -0.2) is 9.59 Å².